The number of aromatic amines is 1. The molecule has 1 aromatic carbocycles. The molecule has 1 aromatic heterocycles. The Labute approximate surface area is 182 Å². The van der Waals surface area contributed by atoms with E-state index in [0.717, 1.165) is 18.7 Å². The summed E-state index contributed by atoms with van der Waals surface area (Å²) < 4.78 is 0. The molecule has 7 heteroatoms. The Balaban J connectivity index is 1.37. The second-order valence-corrected chi connectivity index (χ2v) is 8.85. The fraction of sp³-hybridized carbons (Fsp3) is 0.417. The summed E-state index contributed by atoms with van der Waals surface area (Å²) in [5, 5.41) is 0. The lowest BCUT2D eigenvalue weighted by Crippen LogP contribution is -2.38. The molecule has 7 nitrogen and oxygen atoms in total. The van der Waals surface area contributed by atoms with Crippen LogP contribution in [0, 0.1) is 38.0 Å². The lowest BCUT2D eigenvalue weighted by molar-refractivity contribution is -0.121. The van der Waals surface area contributed by atoms with Crippen LogP contribution in [-0.4, -0.2) is 59.3 Å². The largest absolute Gasteiger partial charge is 0.369 e. The van der Waals surface area contributed by atoms with E-state index in [4.69, 9.17) is 5.73 Å². The Morgan fingerprint density at radius 2 is 1.77 bits per heavy atom. The first kappa shape index (κ1) is 21.3. The first-order valence-corrected chi connectivity index (χ1v) is 10.7. The normalized spacial score (nSPS) is 21.8. The summed E-state index contributed by atoms with van der Waals surface area (Å²) in [4.78, 5) is 43.7. The molecule has 0 spiro atoms. The molecule has 3 N–H and O–H groups in total. The van der Waals surface area contributed by atoms with Crippen LogP contribution in [0.2, 0.25) is 0 Å². The lowest BCUT2D eigenvalue weighted by atomic mass is 9.98. The molecule has 2 fully saturated rings. The Hall–Kier alpha value is -2.93. The maximum Gasteiger partial charge on any atom is 0.255 e. The van der Waals surface area contributed by atoms with E-state index >= 15 is 0 Å². The number of amides is 2. The summed E-state index contributed by atoms with van der Waals surface area (Å²) in [7, 11) is 0. The van der Waals surface area contributed by atoms with Gasteiger partial charge in [-0.3, -0.25) is 14.4 Å². The average molecular weight is 422 g/mol. The van der Waals surface area contributed by atoms with Crippen LogP contribution in [-0.2, 0) is 4.79 Å². The number of hydrogen-bond donors (Lipinski definition) is 2. The summed E-state index contributed by atoms with van der Waals surface area (Å²) in [6.07, 6.45) is 1.94. The Kier molecular flexibility index (Phi) is 5.96. The number of pyridine rings is 1. The number of aromatic nitrogens is 1. The molecule has 31 heavy (non-hydrogen) atoms. The van der Waals surface area contributed by atoms with Crippen LogP contribution in [0.3, 0.4) is 0 Å². The van der Waals surface area contributed by atoms with E-state index in [1.807, 2.05) is 41.7 Å². The highest BCUT2D eigenvalue weighted by Gasteiger charge is 2.42. The van der Waals surface area contributed by atoms with Gasteiger partial charge in [-0.05, 0) is 36.8 Å². The van der Waals surface area contributed by atoms with E-state index in [2.05, 4.69) is 9.88 Å². The monoisotopic (exact) mass is 421 g/mol. The molecule has 2 amide bonds. The third-order valence-electron chi connectivity index (χ3n) is 6.50. The third kappa shape index (κ3) is 4.56. The van der Waals surface area contributed by atoms with Gasteiger partial charge in [-0.25, -0.2) is 0 Å². The van der Waals surface area contributed by atoms with Crippen molar-refractivity contribution in [3.05, 3.63) is 75.6 Å². The van der Waals surface area contributed by atoms with E-state index in [1.165, 1.54) is 6.07 Å². The highest BCUT2D eigenvalue weighted by atomic mass is 16.2. The van der Waals surface area contributed by atoms with Gasteiger partial charge in [0.1, 0.15) is 0 Å². The van der Waals surface area contributed by atoms with Crippen molar-refractivity contribution in [3.8, 4) is 0 Å². The number of rotatable bonds is 6. The zero-order valence-electron chi connectivity index (χ0n) is 18.0. The molecule has 2 aliphatic heterocycles. The molecular formula is C24H29N4O3. The molecule has 4 rings (SSSR count). The van der Waals surface area contributed by atoms with E-state index in [1.54, 1.807) is 13.8 Å². The highest BCUT2D eigenvalue weighted by Crippen LogP contribution is 2.33. The van der Waals surface area contributed by atoms with Crippen molar-refractivity contribution in [2.75, 3.05) is 32.7 Å². The number of carbonyl (C=O) groups is 2. The minimum Gasteiger partial charge on any atom is -0.369 e. The summed E-state index contributed by atoms with van der Waals surface area (Å²) in [5.74, 6) is 0.0990. The van der Waals surface area contributed by atoms with E-state index in [-0.39, 0.29) is 23.3 Å². The van der Waals surface area contributed by atoms with Crippen LogP contribution in [0.15, 0.2) is 41.2 Å². The van der Waals surface area contributed by atoms with Gasteiger partial charge < -0.3 is 20.5 Å². The first-order chi connectivity index (χ1) is 14.8. The van der Waals surface area contributed by atoms with Gasteiger partial charge in [0.25, 0.3) is 5.91 Å². The van der Waals surface area contributed by atoms with E-state index in [9.17, 15) is 14.4 Å². The molecule has 1 radical (unpaired) electrons. The van der Waals surface area contributed by atoms with Gasteiger partial charge in [-0.1, -0.05) is 30.3 Å². The standard InChI is InChI=1S/C24H29N4O3/c1-15-8-21(29)26-16(2)22(15)24(31)28-13-19-11-27(12-20(19)14-28)10-18(23(25)30)9-17-6-4-3-5-7-17/h3-9,18-20H,10-14H2,1-2H3,(H2,25,30)(H,26,29)/t18?,19-,20?/m0/s1. The Bertz CT molecular complexity index is 993. The second kappa shape index (κ2) is 8.67. The van der Waals surface area contributed by atoms with Gasteiger partial charge in [0.2, 0.25) is 11.5 Å². The van der Waals surface area contributed by atoms with Gasteiger partial charge in [-0.15, -0.1) is 0 Å². The number of nitrogens with zero attached hydrogens (tertiary/aromatic N) is 2. The topological polar surface area (TPSA) is 99.5 Å². The van der Waals surface area contributed by atoms with Gasteiger partial charge in [0, 0.05) is 50.9 Å². The van der Waals surface area contributed by atoms with Gasteiger partial charge in [0.15, 0.2) is 0 Å². The van der Waals surface area contributed by atoms with Crippen LogP contribution in [0.5, 0.6) is 0 Å². The molecule has 3 atom stereocenters. The Morgan fingerprint density at radius 1 is 1.13 bits per heavy atom. The van der Waals surface area contributed by atoms with Crippen molar-refractivity contribution >= 4 is 11.8 Å². The molecule has 0 bridgehead atoms. The van der Waals surface area contributed by atoms with Crippen molar-refractivity contribution in [1.82, 2.24) is 14.8 Å². The number of primary amides is 1. The highest BCUT2D eigenvalue weighted by molar-refractivity contribution is 5.96. The number of likely N-dealkylation sites (tertiary alicyclic amines) is 2. The zero-order valence-corrected chi connectivity index (χ0v) is 18.0. The van der Waals surface area contributed by atoms with Crippen molar-refractivity contribution in [2.45, 2.75) is 13.8 Å². The van der Waals surface area contributed by atoms with Crippen molar-refractivity contribution in [3.63, 3.8) is 0 Å². The molecule has 2 unspecified atom stereocenters. The molecule has 163 valence electrons. The quantitative estimate of drug-likeness (QED) is 0.735. The second-order valence-electron chi connectivity index (χ2n) is 8.85. The van der Waals surface area contributed by atoms with Crippen LogP contribution >= 0.6 is 0 Å². The van der Waals surface area contributed by atoms with Crippen molar-refractivity contribution in [2.24, 2.45) is 23.5 Å². The third-order valence-corrected chi connectivity index (χ3v) is 6.50. The van der Waals surface area contributed by atoms with E-state index < -0.39 is 0 Å². The molecule has 2 aliphatic rings. The molecular weight excluding hydrogens is 392 g/mol. The number of aryl methyl sites for hydroxylation is 2. The lowest BCUT2D eigenvalue weighted by Gasteiger charge is -2.25. The maximum absolute atomic E-state index is 13.1. The number of carbonyl (C=O) groups excluding carboxylic acids is 2. The molecule has 2 saturated heterocycles. The number of benzene rings is 1. The zero-order chi connectivity index (χ0) is 22.1. The maximum atomic E-state index is 13.1. The average Bonchev–Trinajstić information content (AvgIpc) is 3.26. The molecule has 0 saturated carbocycles. The molecule has 0 aliphatic carbocycles. The van der Waals surface area contributed by atoms with Crippen molar-refractivity contribution < 1.29 is 9.59 Å². The smallest absolute Gasteiger partial charge is 0.255 e. The SMILES string of the molecule is Cc1cc(=O)[nH]c(C)c1C(=O)N1CC2CN(CC([CH]c3ccccc3)C(N)=O)C[C@H]2C1. The Morgan fingerprint density at radius 3 is 2.35 bits per heavy atom. The number of H-pyrrole nitrogens is 1. The number of nitrogens with two attached hydrogens (primary N) is 1. The minimum absolute atomic E-state index is 0.0142. The van der Waals surface area contributed by atoms with Gasteiger partial charge in [-0.2, -0.15) is 0 Å². The number of nitrogens with one attached hydrogen (secondary N) is 1. The van der Waals surface area contributed by atoms with Crippen LogP contribution in [0.1, 0.15) is 27.2 Å². The summed E-state index contributed by atoms with van der Waals surface area (Å²) in [6.45, 7) is 7.27. The van der Waals surface area contributed by atoms with Gasteiger partial charge >= 0.3 is 0 Å². The summed E-state index contributed by atoms with van der Waals surface area (Å²) in [6, 6.07) is 11.3. The molecule has 3 heterocycles. The minimum atomic E-state index is -0.342. The number of hydrogen-bond acceptors (Lipinski definition) is 4. The fourth-order valence-corrected chi connectivity index (χ4v) is 5.04. The fourth-order valence-electron chi connectivity index (χ4n) is 5.04. The van der Waals surface area contributed by atoms with Crippen molar-refractivity contribution in [1.29, 1.82) is 0 Å². The summed E-state index contributed by atoms with van der Waals surface area (Å²) in [5.41, 5.74) is 8.41. The number of fused-ring (bicyclic) bond motifs is 1. The predicted octanol–water partition coefficient (Wildman–Crippen LogP) is 1.35. The van der Waals surface area contributed by atoms with Gasteiger partial charge in [0.05, 0.1) is 11.5 Å². The van der Waals surface area contributed by atoms with Crippen LogP contribution < -0.4 is 11.3 Å². The summed E-state index contributed by atoms with van der Waals surface area (Å²) >= 11 is 0. The predicted molar refractivity (Wildman–Crippen MR) is 118 cm³/mol. The first-order valence-electron chi connectivity index (χ1n) is 10.7. The molecule has 2 aromatic rings. The van der Waals surface area contributed by atoms with Crippen LogP contribution in [0.4, 0.5) is 0 Å². The van der Waals surface area contributed by atoms with Crippen LogP contribution in [0.25, 0.3) is 0 Å². The van der Waals surface area contributed by atoms with E-state index in [0.29, 0.717) is 48.3 Å².